The molecule has 0 amide bonds. The average molecular weight is 258 g/mol. The summed E-state index contributed by atoms with van der Waals surface area (Å²) in [7, 11) is 0. The van der Waals surface area contributed by atoms with Crippen LogP contribution in [0.15, 0.2) is 0 Å². The summed E-state index contributed by atoms with van der Waals surface area (Å²) in [6.07, 6.45) is 10.1. The minimum Gasteiger partial charge on any atom is -0.203 e. The maximum atomic E-state index is 6.31. The zero-order chi connectivity index (χ0) is 13.7. The number of hydrogen-bond donors (Lipinski definition) is 0. The highest BCUT2D eigenvalue weighted by atomic mass is 16.7. The van der Waals surface area contributed by atoms with Crippen LogP contribution in [0.25, 0.3) is 0 Å². The van der Waals surface area contributed by atoms with Crippen molar-refractivity contribution in [3.05, 3.63) is 0 Å². The largest absolute Gasteiger partial charge is 0.203 e. The highest BCUT2D eigenvalue weighted by molar-refractivity contribution is 4.42. The molecule has 2 nitrogen and oxygen atoms in total. The van der Waals surface area contributed by atoms with E-state index >= 15 is 0 Å². The molecule has 0 N–H and O–H groups in total. The van der Waals surface area contributed by atoms with Crippen molar-refractivity contribution in [3.63, 3.8) is 0 Å². The highest BCUT2D eigenvalue weighted by Gasteiger charge is 2.27. The van der Waals surface area contributed by atoms with Crippen LogP contribution in [0.4, 0.5) is 0 Å². The molecule has 0 rings (SSSR count). The summed E-state index contributed by atoms with van der Waals surface area (Å²) in [6, 6.07) is 0. The lowest BCUT2D eigenvalue weighted by Crippen LogP contribution is -2.50. The number of hydrogen-bond acceptors (Lipinski definition) is 1. The lowest BCUT2D eigenvalue weighted by molar-refractivity contribution is -1.11. The van der Waals surface area contributed by atoms with Gasteiger partial charge in [0, 0.05) is 0 Å². The van der Waals surface area contributed by atoms with Gasteiger partial charge in [0.2, 0.25) is 0 Å². The van der Waals surface area contributed by atoms with Crippen molar-refractivity contribution >= 4 is 0 Å². The Labute approximate surface area is 115 Å². The fourth-order valence-electron chi connectivity index (χ4n) is 2.27. The number of quaternary nitrogens is 1. The van der Waals surface area contributed by atoms with Crippen LogP contribution in [0.5, 0.6) is 0 Å². The summed E-state index contributed by atoms with van der Waals surface area (Å²) in [6.45, 7) is 13.6. The smallest absolute Gasteiger partial charge is 0.109 e. The van der Waals surface area contributed by atoms with Gasteiger partial charge >= 0.3 is 0 Å². The van der Waals surface area contributed by atoms with Crippen LogP contribution in [0.2, 0.25) is 0 Å². The van der Waals surface area contributed by atoms with Crippen LogP contribution >= 0.6 is 0 Å². The predicted molar refractivity (Wildman–Crippen MR) is 80.4 cm³/mol. The van der Waals surface area contributed by atoms with E-state index in [1.807, 2.05) is 0 Å². The third kappa shape index (κ3) is 8.10. The Morgan fingerprint density at radius 3 is 1.33 bits per heavy atom. The van der Waals surface area contributed by atoms with Crippen LogP contribution in [-0.4, -0.2) is 30.9 Å². The molecule has 0 heterocycles. The first kappa shape index (κ1) is 17.9. The minimum absolute atomic E-state index is 0.926. The molecule has 0 aliphatic carbocycles. The predicted octanol–water partition coefficient (Wildman–Crippen LogP) is 4.94. The van der Waals surface area contributed by atoms with Crippen molar-refractivity contribution in [2.24, 2.45) is 0 Å². The first-order valence-corrected chi connectivity index (χ1v) is 8.25. The zero-order valence-electron chi connectivity index (χ0n) is 13.3. The Morgan fingerprint density at radius 2 is 1.00 bits per heavy atom. The van der Waals surface area contributed by atoms with Crippen LogP contribution in [-0.2, 0) is 4.84 Å². The van der Waals surface area contributed by atoms with Gasteiger partial charge in [-0.05, 0) is 25.7 Å². The van der Waals surface area contributed by atoms with Crippen LogP contribution < -0.4 is 0 Å². The normalized spacial score (nSPS) is 12.0. The van der Waals surface area contributed by atoms with E-state index in [1.54, 1.807) is 0 Å². The molecule has 18 heavy (non-hydrogen) atoms. The van der Waals surface area contributed by atoms with Crippen LogP contribution in [0.3, 0.4) is 0 Å². The van der Waals surface area contributed by atoms with Gasteiger partial charge in [0.25, 0.3) is 0 Å². The van der Waals surface area contributed by atoms with E-state index in [1.165, 1.54) is 71.0 Å². The summed E-state index contributed by atoms with van der Waals surface area (Å²) in [5.41, 5.74) is 0. The Kier molecular flexibility index (Phi) is 11.9. The molecule has 0 aromatic carbocycles. The van der Waals surface area contributed by atoms with Gasteiger partial charge < -0.3 is 0 Å². The van der Waals surface area contributed by atoms with E-state index in [4.69, 9.17) is 4.84 Å². The lowest BCUT2D eigenvalue weighted by Gasteiger charge is -2.36. The topological polar surface area (TPSA) is 9.23 Å². The first-order chi connectivity index (χ1) is 8.74. The third-order valence-electron chi connectivity index (χ3n) is 3.62. The molecular weight excluding hydrogens is 222 g/mol. The second-order valence-corrected chi connectivity index (χ2v) is 5.48. The van der Waals surface area contributed by atoms with Crippen LogP contribution in [0.1, 0.15) is 79.1 Å². The fourth-order valence-corrected chi connectivity index (χ4v) is 2.27. The van der Waals surface area contributed by atoms with Gasteiger partial charge in [0.15, 0.2) is 0 Å². The molecule has 2 heteroatoms. The lowest BCUT2D eigenvalue weighted by atomic mass is 10.2. The van der Waals surface area contributed by atoms with E-state index in [-0.39, 0.29) is 0 Å². The molecule has 110 valence electrons. The highest BCUT2D eigenvalue weighted by Crippen LogP contribution is 2.16. The molecule has 0 bridgehead atoms. The summed E-state index contributed by atoms with van der Waals surface area (Å²) in [4.78, 5) is 6.31. The molecule has 0 aliphatic rings. The molecule has 0 unspecified atom stereocenters. The SMILES string of the molecule is CCCCO[N+](CCCC)(CCCC)CCCC. The van der Waals surface area contributed by atoms with Gasteiger partial charge in [0.05, 0.1) is 0 Å². The molecule has 0 atom stereocenters. The van der Waals surface area contributed by atoms with Crippen molar-refractivity contribution in [1.29, 1.82) is 0 Å². The third-order valence-corrected chi connectivity index (χ3v) is 3.62. The molecule has 0 aromatic heterocycles. The molecule has 0 spiro atoms. The van der Waals surface area contributed by atoms with Crippen molar-refractivity contribution < 1.29 is 9.48 Å². The van der Waals surface area contributed by atoms with Crippen molar-refractivity contribution in [2.45, 2.75) is 79.1 Å². The maximum Gasteiger partial charge on any atom is 0.109 e. The maximum absolute atomic E-state index is 6.31. The van der Waals surface area contributed by atoms with Crippen LogP contribution in [0, 0.1) is 0 Å². The van der Waals surface area contributed by atoms with Crippen molar-refractivity contribution in [3.8, 4) is 0 Å². The Hall–Kier alpha value is -0.0800. The summed E-state index contributed by atoms with van der Waals surface area (Å²) in [5, 5.41) is 0. The second-order valence-electron chi connectivity index (χ2n) is 5.48. The van der Waals surface area contributed by atoms with E-state index < -0.39 is 0 Å². The standard InChI is InChI=1S/C16H36NO/c1-5-9-13-17(14-10-6-2,15-11-7-3)18-16-12-8-4/h5-16H2,1-4H3/q+1. The van der Waals surface area contributed by atoms with Gasteiger partial charge in [-0.3, -0.25) is 0 Å². The van der Waals surface area contributed by atoms with E-state index in [0.29, 0.717) is 0 Å². The van der Waals surface area contributed by atoms with E-state index in [2.05, 4.69) is 27.7 Å². The van der Waals surface area contributed by atoms with E-state index in [9.17, 15) is 0 Å². The zero-order valence-corrected chi connectivity index (χ0v) is 13.3. The van der Waals surface area contributed by atoms with Gasteiger partial charge in [-0.15, -0.1) is 0 Å². The average Bonchev–Trinajstić information content (AvgIpc) is 2.40. The van der Waals surface area contributed by atoms with E-state index in [0.717, 1.165) is 11.3 Å². The Balaban J connectivity index is 4.41. The van der Waals surface area contributed by atoms with Gasteiger partial charge in [-0.2, -0.15) is 4.65 Å². The van der Waals surface area contributed by atoms with Gasteiger partial charge in [-0.1, -0.05) is 53.4 Å². The number of rotatable bonds is 13. The summed E-state index contributed by atoms with van der Waals surface area (Å²) < 4.78 is 0.926. The second kappa shape index (κ2) is 12.0. The summed E-state index contributed by atoms with van der Waals surface area (Å²) in [5.74, 6) is 0. The number of hydroxylamine groups is 3. The Bertz CT molecular complexity index is 149. The molecule has 0 saturated carbocycles. The van der Waals surface area contributed by atoms with Crippen molar-refractivity contribution in [1.82, 2.24) is 0 Å². The van der Waals surface area contributed by atoms with Gasteiger partial charge in [0.1, 0.15) is 26.2 Å². The monoisotopic (exact) mass is 258 g/mol. The summed E-state index contributed by atoms with van der Waals surface area (Å²) >= 11 is 0. The fraction of sp³-hybridized carbons (Fsp3) is 1.00. The molecule has 0 fully saturated rings. The number of unbranched alkanes of at least 4 members (excludes halogenated alkanes) is 4. The molecular formula is C16H36NO+. The van der Waals surface area contributed by atoms with Gasteiger partial charge in [-0.25, -0.2) is 4.84 Å². The minimum atomic E-state index is 0.926. The molecule has 0 aromatic rings. The molecule has 0 radical (unpaired) electrons. The first-order valence-electron chi connectivity index (χ1n) is 8.25. The molecule has 0 saturated heterocycles. The quantitative estimate of drug-likeness (QED) is 0.258. The Morgan fingerprint density at radius 1 is 0.611 bits per heavy atom. The molecule has 0 aliphatic heterocycles. The van der Waals surface area contributed by atoms with Crippen molar-refractivity contribution in [2.75, 3.05) is 26.2 Å². The number of nitrogens with zero attached hydrogens (tertiary/aromatic N) is 1.